The maximum absolute atomic E-state index is 6.66. The predicted molar refractivity (Wildman–Crippen MR) is 260 cm³/mol. The van der Waals surface area contributed by atoms with Crippen molar-refractivity contribution in [3.05, 3.63) is 36.0 Å². The maximum Gasteiger partial charge on any atom is 0.0812 e. The van der Waals surface area contributed by atoms with E-state index < -0.39 is 0 Å². The lowest BCUT2D eigenvalue weighted by atomic mass is 9.54. The van der Waals surface area contributed by atoms with Crippen molar-refractivity contribution in [3.63, 3.8) is 0 Å². The molecule has 61 heavy (non-hydrogen) atoms. The molecule has 352 valence electrons. The average Bonchev–Trinajstić information content (AvgIpc) is 3.82. The molecule has 0 aliphatic heterocycles. The van der Waals surface area contributed by atoms with Crippen LogP contribution in [0.1, 0.15) is 221 Å². The monoisotopic (exact) mass is 849 g/mol. The van der Waals surface area contributed by atoms with Crippen molar-refractivity contribution < 1.29 is 18.9 Å². The largest absolute Gasteiger partial charge is 0.379 e. The van der Waals surface area contributed by atoms with E-state index in [-0.39, 0.29) is 11.7 Å². The summed E-state index contributed by atoms with van der Waals surface area (Å²) in [6.07, 6.45) is 49.6. The molecule has 0 spiro atoms. The van der Waals surface area contributed by atoms with Crippen LogP contribution in [0.25, 0.3) is 0 Å². The number of hydrogen-bond acceptors (Lipinski definition) is 4. The minimum atomic E-state index is -0.0449. The number of rotatable bonds is 32. The van der Waals surface area contributed by atoms with E-state index in [2.05, 4.69) is 71.9 Å². The van der Waals surface area contributed by atoms with E-state index in [1.807, 2.05) is 0 Å². The fourth-order valence-electron chi connectivity index (χ4n) is 13.3. The van der Waals surface area contributed by atoms with Crippen LogP contribution in [0, 0.1) is 52.8 Å². The van der Waals surface area contributed by atoms with Crippen LogP contribution in [-0.4, -0.2) is 51.3 Å². The lowest BCUT2D eigenvalue weighted by Gasteiger charge is -2.52. The highest BCUT2D eigenvalue weighted by molar-refractivity contribution is 5.21. The van der Waals surface area contributed by atoms with Crippen LogP contribution in [0.5, 0.6) is 0 Å². The van der Waals surface area contributed by atoms with Crippen molar-refractivity contribution in [1.29, 1.82) is 0 Å². The zero-order valence-corrected chi connectivity index (χ0v) is 41.3. The van der Waals surface area contributed by atoms with Gasteiger partial charge in [-0.25, -0.2) is 0 Å². The third-order valence-electron chi connectivity index (χ3n) is 17.0. The molecule has 0 N–H and O–H groups in total. The molecule has 0 amide bonds. The molecule has 4 saturated carbocycles. The van der Waals surface area contributed by atoms with Gasteiger partial charge in [-0.3, -0.25) is 0 Å². The minimum absolute atomic E-state index is 0.0449. The van der Waals surface area contributed by atoms with E-state index in [0.29, 0.717) is 31.8 Å². The Hall–Kier alpha value is -0.940. The lowest BCUT2D eigenvalue weighted by molar-refractivity contribution is -0.0888. The Morgan fingerprint density at radius 2 is 1.48 bits per heavy atom. The Balaban J connectivity index is 0.905. The van der Waals surface area contributed by atoms with Gasteiger partial charge in [0.05, 0.1) is 44.7 Å². The summed E-state index contributed by atoms with van der Waals surface area (Å²) >= 11 is 0. The average molecular weight is 849 g/mol. The third-order valence-corrected chi connectivity index (χ3v) is 17.0. The van der Waals surface area contributed by atoms with Crippen molar-refractivity contribution in [1.82, 2.24) is 0 Å². The molecule has 0 aromatic carbocycles. The molecule has 0 aromatic rings. The van der Waals surface area contributed by atoms with E-state index in [4.69, 9.17) is 18.9 Å². The molecule has 5 aliphatic carbocycles. The molecule has 0 radical (unpaired) electrons. The number of hydrogen-bond donors (Lipinski definition) is 0. The third kappa shape index (κ3) is 17.4. The van der Waals surface area contributed by atoms with Gasteiger partial charge < -0.3 is 18.9 Å². The Labute approximate surface area is 379 Å². The summed E-state index contributed by atoms with van der Waals surface area (Å²) in [5.74, 6) is 7.09. The second-order valence-corrected chi connectivity index (χ2v) is 22.3. The first-order valence-electron chi connectivity index (χ1n) is 27.1. The summed E-state index contributed by atoms with van der Waals surface area (Å²) in [6, 6.07) is 0. The van der Waals surface area contributed by atoms with Crippen molar-refractivity contribution in [3.8, 4) is 0 Å². The van der Waals surface area contributed by atoms with Crippen LogP contribution in [0.2, 0.25) is 0 Å². The number of unbranched alkanes of at least 4 members (excludes halogenated alkanes) is 10. The van der Waals surface area contributed by atoms with E-state index in [0.717, 1.165) is 86.2 Å². The van der Waals surface area contributed by atoms with Gasteiger partial charge in [0.1, 0.15) is 0 Å². The maximum atomic E-state index is 6.66. The second-order valence-electron chi connectivity index (χ2n) is 22.3. The van der Waals surface area contributed by atoms with Gasteiger partial charge >= 0.3 is 0 Å². The molecule has 4 fully saturated rings. The minimum Gasteiger partial charge on any atom is -0.379 e. The zero-order chi connectivity index (χ0) is 43.2. The molecule has 4 nitrogen and oxygen atoms in total. The summed E-state index contributed by atoms with van der Waals surface area (Å²) < 4.78 is 25.5. The molecule has 5 rings (SSSR count). The quantitative estimate of drug-likeness (QED) is 0.0499. The van der Waals surface area contributed by atoms with E-state index in [1.165, 1.54) is 154 Å². The molecular formula is C57H100O4. The molecule has 5 aliphatic rings. The van der Waals surface area contributed by atoms with Crippen molar-refractivity contribution in [2.45, 2.75) is 233 Å². The fraction of sp³-hybridized carbons (Fsp3) is 0.895. The molecule has 0 aromatic heterocycles. The highest BCUT2D eigenvalue weighted by Crippen LogP contribution is 2.62. The molecule has 0 heterocycles. The highest BCUT2D eigenvalue weighted by Gasteiger charge is 2.54. The number of ether oxygens (including phenoxy) is 4. The first-order valence-corrected chi connectivity index (χ1v) is 27.1. The first kappa shape index (κ1) is 51.1. The van der Waals surface area contributed by atoms with E-state index in [1.54, 1.807) is 5.57 Å². The molecule has 7 unspecified atom stereocenters. The topological polar surface area (TPSA) is 36.9 Å². The van der Waals surface area contributed by atoms with Gasteiger partial charge in [0, 0.05) is 6.61 Å². The summed E-state index contributed by atoms with van der Waals surface area (Å²) in [4.78, 5) is 0. The highest BCUT2D eigenvalue weighted by atomic mass is 16.6. The summed E-state index contributed by atoms with van der Waals surface area (Å²) in [5, 5.41) is 0. The first-order chi connectivity index (χ1) is 29.7. The summed E-state index contributed by atoms with van der Waals surface area (Å²) in [5.41, 5.74) is 2.31. The normalized spacial score (nSPS) is 31.9. The van der Waals surface area contributed by atoms with Crippen LogP contribution >= 0.6 is 0 Å². The van der Waals surface area contributed by atoms with Crippen LogP contribution in [0.3, 0.4) is 0 Å². The Morgan fingerprint density at radius 1 is 0.705 bits per heavy atom. The molecular weight excluding hydrogens is 749 g/mol. The standard InChI is InChI=1S/C57H100O4/c1-7-8-9-10-11-12-13-14-15-16-17-18-19-20-21-24-38-59-45-50(43-48-28-25-27-47(48)4)60-41-39-58-40-42-61-57(6)37-34-51-49(44-57)29-30-53-52(51)31-32-55-54(53)33-36-56(55,5)35-23-22-26-46(2)3/h11-12,14-15,29,46-48,50-55H,7-10,13,16-28,30-45H2,1-6H3/b12-11-,15-14-/t47?,48?,50-,51?,52?,53?,54?,55?,56+,57+/m1/s1. The lowest BCUT2D eigenvalue weighted by Crippen LogP contribution is -2.45. The van der Waals surface area contributed by atoms with Crippen LogP contribution in [-0.2, 0) is 18.9 Å². The predicted octanol–water partition coefficient (Wildman–Crippen LogP) is 16.2. The van der Waals surface area contributed by atoms with Crippen LogP contribution in [0.15, 0.2) is 36.0 Å². The second kappa shape index (κ2) is 28.2. The molecule has 0 saturated heterocycles. The fourth-order valence-corrected chi connectivity index (χ4v) is 13.3. The van der Waals surface area contributed by atoms with E-state index >= 15 is 0 Å². The van der Waals surface area contributed by atoms with Gasteiger partial charge in [0.15, 0.2) is 0 Å². The van der Waals surface area contributed by atoms with Gasteiger partial charge in [0.2, 0.25) is 0 Å². The number of fused-ring (bicyclic) bond motifs is 5. The van der Waals surface area contributed by atoms with E-state index in [9.17, 15) is 0 Å². The Morgan fingerprint density at radius 3 is 2.25 bits per heavy atom. The SMILES string of the molecule is CCCCC/C=C\C/C=C\CCCCCCCCOC[C@@H](CC1CCCC1C)OCCOCCO[C@@]1(C)CCC2C(=CCC3C2CCC2C3CC[C@]2(C)CCCCC(C)C)C1. The van der Waals surface area contributed by atoms with Crippen molar-refractivity contribution in [2.75, 3.05) is 39.6 Å². The molecule has 10 atom stereocenters. The van der Waals surface area contributed by atoms with Gasteiger partial charge in [-0.15, -0.1) is 0 Å². The van der Waals surface area contributed by atoms with Gasteiger partial charge in [-0.2, -0.15) is 0 Å². The smallest absolute Gasteiger partial charge is 0.0812 e. The molecule has 0 bridgehead atoms. The van der Waals surface area contributed by atoms with Crippen LogP contribution in [0.4, 0.5) is 0 Å². The van der Waals surface area contributed by atoms with Crippen LogP contribution < -0.4 is 0 Å². The Bertz CT molecular complexity index is 1250. The van der Waals surface area contributed by atoms with Gasteiger partial charge in [0.25, 0.3) is 0 Å². The van der Waals surface area contributed by atoms with Gasteiger partial charge in [-0.05, 0) is 162 Å². The number of allylic oxidation sites excluding steroid dienone is 5. The summed E-state index contributed by atoms with van der Waals surface area (Å²) in [7, 11) is 0. The summed E-state index contributed by atoms with van der Waals surface area (Å²) in [6.45, 7) is 18.7. The van der Waals surface area contributed by atoms with Crippen molar-refractivity contribution in [2.24, 2.45) is 52.8 Å². The molecule has 4 heteroatoms. The Kier molecular flexibility index (Phi) is 23.6. The zero-order valence-electron chi connectivity index (χ0n) is 41.3. The van der Waals surface area contributed by atoms with Gasteiger partial charge in [-0.1, -0.05) is 148 Å². The van der Waals surface area contributed by atoms with Crippen molar-refractivity contribution >= 4 is 0 Å².